The number of hydrogen-bond acceptors (Lipinski definition) is 4. The molecule has 0 saturated carbocycles. The number of hydrogen-bond donors (Lipinski definition) is 2. The van der Waals surface area contributed by atoms with Gasteiger partial charge in [0.25, 0.3) is 0 Å². The van der Waals surface area contributed by atoms with Crippen molar-refractivity contribution in [1.29, 1.82) is 5.41 Å². The summed E-state index contributed by atoms with van der Waals surface area (Å²) in [7, 11) is 0. The van der Waals surface area contributed by atoms with Gasteiger partial charge in [0.1, 0.15) is 11.6 Å². The molecule has 0 aliphatic heterocycles. The lowest BCUT2D eigenvalue weighted by Crippen LogP contribution is -2.05. The molecule has 15 heavy (non-hydrogen) atoms. The van der Waals surface area contributed by atoms with Crippen molar-refractivity contribution in [3.8, 4) is 0 Å². The lowest BCUT2D eigenvalue weighted by atomic mass is 10.2. The maximum Gasteiger partial charge on any atom is 0.148 e. The molecule has 0 aromatic heterocycles. The number of rotatable bonds is 4. The second kappa shape index (κ2) is 6.53. The summed E-state index contributed by atoms with van der Waals surface area (Å²) in [6, 6.07) is 0. The minimum Gasteiger partial charge on any atom is -0.398 e. The first-order chi connectivity index (χ1) is 7.02. The molecule has 0 unspecified atom stereocenters. The summed E-state index contributed by atoms with van der Waals surface area (Å²) in [4.78, 5) is 8.40. The third-order valence-corrected chi connectivity index (χ3v) is 1.61. The van der Waals surface area contributed by atoms with Crippen LogP contribution in [0.15, 0.2) is 33.3 Å². The Morgan fingerprint density at radius 2 is 2.07 bits per heavy atom. The van der Waals surface area contributed by atoms with E-state index < -0.39 is 0 Å². The van der Waals surface area contributed by atoms with E-state index in [-0.39, 0.29) is 5.84 Å². The number of nitrogens with two attached hydrogens (primary N) is 1. The average molecular weight is 208 g/mol. The van der Waals surface area contributed by atoms with E-state index in [1.165, 1.54) is 6.21 Å². The van der Waals surface area contributed by atoms with Crippen molar-refractivity contribution < 1.29 is 4.84 Å². The molecule has 0 spiro atoms. The number of nitrogens with one attached hydrogen (secondary N) is 1. The van der Waals surface area contributed by atoms with Gasteiger partial charge in [0.2, 0.25) is 0 Å². The molecule has 0 fully saturated rings. The van der Waals surface area contributed by atoms with E-state index in [2.05, 4.69) is 16.9 Å². The van der Waals surface area contributed by atoms with Gasteiger partial charge in [0, 0.05) is 23.6 Å². The highest BCUT2D eigenvalue weighted by Gasteiger charge is 2.01. The van der Waals surface area contributed by atoms with Crippen LogP contribution in [0.3, 0.4) is 0 Å². The van der Waals surface area contributed by atoms with E-state index in [1.807, 2.05) is 0 Å². The molecule has 0 aromatic carbocycles. The van der Waals surface area contributed by atoms with Gasteiger partial charge in [-0.05, 0) is 27.5 Å². The van der Waals surface area contributed by atoms with Gasteiger partial charge in [-0.1, -0.05) is 5.16 Å². The van der Waals surface area contributed by atoms with E-state index >= 15 is 0 Å². The molecule has 0 rings (SSSR count). The van der Waals surface area contributed by atoms with E-state index in [1.54, 1.807) is 26.8 Å². The predicted octanol–water partition coefficient (Wildman–Crippen LogP) is 1.82. The number of amidine groups is 1. The van der Waals surface area contributed by atoms with Crippen LogP contribution in [-0.2, 0) is 4.84 Å². The minimum atomic E-state index is 0.0514. The minimum absolute atomic E-state index is 0.0514. The van der Waals surface area contributed by atoms with E-state index in [0.717, 1.165) is 0 Å². The summed E-state index contributed by atoms with van der Waals surface area (Å²) in [6.07, 6.45) is 3.11. The summed E-state index contributed by atoms with van der Waals surface area (Å²) in [5, 5.41) is 11.0. The molecular formula is C10H16N4O. The first-order valence-corrected chi connectivity index (χ1v) is 4.38. The summed E-state index contributed by atoms with van der Waals surface area (Å²) in [5.74, 6) is 0.595. The molecule has 0 saturated heterocycles. The second-order valence-corrected chi connectivity index (χ2v) is 2.80. The van der Waals surface area contributed by atoms with Gasteiger partial charge in [0.15, 0.2) is 0 Å². The van der Waals surface area contributed by atoms with Crippen LogP contribution in [0, 0.1) is 5.41 Å². The first-order valence-electron chi connectivity index (χ1n) is 4.38. The highest BCUT2D eigenvalue weighted by Crippen LogP contribution is 2.06. The fraction of sp³-hybridized carbons (Fsp3) is 0.300. The topological polar surface area (TPSA) is 83.8 Å². The quantitative estimate of drug-likeness (QED) is 0.243. The number of oxime groups is 1. The summed E-state index contributed by atoms with van der Waals surface area (Å²) < 4.78 is 0. The highest BCUT2D eigenvalue weighted by atomic mass is 16.6. The summed E-state index contributed by atoms with van der Waals surface area (Å²) in [5.41, 5.74) is 6.67. The highest BCUT2D eigenvalue weighted by molar-refractivity contribution is 5.98. The van der Waals surface area contributed by atoms with Crippen molar-refractivity contribution in [3.63, 3.8) is 0 Å². The Labute approximate surface area is 89.5 Å². The van der Waals surface area contributed by atoms with Crippen molar-refractivity contribution >= 4 is 18.8 Å². The largest absolute Gasteiger partial charge is 0.398 e. The lowest BCUT2D eigenvalue weighted by Gasteiger charge is -2.02. The van der Waals surface area contributed by atoms with Gasteiger partial charge in [-0.3, -0.25) is 5.41 Å². The zero-order chi connectivity index (χ0) is 11.8. The van der Waals surface area contributed by atoms with Gasteiger partial charge in [-0.2, -0.15) is 0 Å². The van der Waals surface area contributed by atoms with Crippen LogP contribution in [0.25, 0.3) is 0 Å². The molecule has 5 heteroatoms. The van der Waals surface area contributed by atoms with Gasteiger partial charge in [0.05, 0.1) is 0 Å². The Balaban J connectivity index is 4.77. The Morgan fingerprint density at radius 3 is 2.53 bits per heavy atom. The second-order valence-electron chi connectivity index (χ2n) is 2.80. The van der Waals surface area contributed by atoms with Gasteiger partial charge in [-0.15, -0.1) is 0 Å². The molecule has 0 bridgehead atoms. The fourth-order valence-corrected chi connectivity index (χ4v) is 0.745. The van der Waals surface area contributed by atoms with Gasteiger partial charge >= 0.3 is 0 Å². The molecule has 0 atom stereocenters. The first kappa shape index (κ1) is 13.1. The van der Waals surface area contributed by atoms with Crippen molar-refractivity contribution in [2.45, 2.75) is 20.8 Å². The van der Waals surface area contributed by atoms with Crippen molar-refractivity contribution in [2.24, 2.45) is 15.9 Å². The number of allylic oxidation sites excluding steroid dienone is 2. The van der Waals surface area contributed by atoms with Gasteiger partial charge in [-0.25, -0.2) is 4.99 Å². The number of aliphatic imine (C=N–C) groups is 1. The smallest absolute Gasteiger partial charge is 0.148 e. The third-order valence-electron chi connectivity index (χ3n) is 1.61. The van der Waals surface area contributed by atoms with Crippen molar-refractivity contribution in [3.05, 3.63) is 23.1 Å². The van der Waals surface area contributed by atoms with E-state index in [0.29, 0.717) is 17.0 Å². The van der Waals surface area contributed by atoms with Gasteiger partial charge < -0.3 is 10.6 Å². The van der Waals surface area contributed by atoms with Crippen LogP contribution in [-0.4, -0.2) is 18.8 Å². The lowest BCUT2D eigenvalue weighted by molar-refractivity contribution is 0.231. The summed E-state index contributed by atoms with van der Waals surface area (Å²) >= 11 is 0. The van der Waals surface area contributed by atoms with Crippen LogP contribution >= 0.6 is 0 Å². The molecule has 5 nitrogen and oxygen atoms in total. The molecule has 0 heterocycles. The van der Waals surface area contributed by atoms with E-state index in [4.69, 9.17) is 16.0 Å². The van der Waals surface area contributed by atoms with Crippen LogP contribution in [0.1, 0.15) is 20.8 Å². The molecule has 0 radical (unpaired) electrons. The van der Waals surface area contributed by atoms with E-state index in [9.17, 15) is 0 Å². The Morgan fingerprint density at radius 1 is 1.47 bits per heavy atom. The SMILES string of the molecule is C=NC(=N)C(C)=C(N)/C=C(\C)O/N=C/C. The van der Waals surface area contributed by atoms with Crippen LogP contribution in [0.4, 0.5) is 0 Å². The van der Waals surface area contributed by atoms with Crippen molar-refractivity contribution in [1.82, 2.24) is 0 Å². The molecule has 82 valence electrons. The number of nitrogens with zero attached hydrogens (tertiary/aromatic N) is 2. The standard InChI is InChI=1S/C10H16N4O/c1-5-14-15-7(2)6-9(11)8(3)10(12)13-4/h5-6,12H,4,11H2,1-3H3/b7-6+,9-8?,12-10?,14-5+. The maximum atomic E-state index is 7.39. The van der Waals surface area contributed by atoms with Crippen LogP contribution in [0.2, 0.25) is 0 Å². The molecular weight excluding hydrogens is 192 g/mol. The molecule has 0 aliphatic carbocycles. The maximum absolute atomic E-state index is 7.39. The molecule has 3 N–H and O–H groups in total. The monoisotopic (exact) mass is 208 g/mol. The Kier molecular flexibility index (Phi) is 5.70. The normalized spacial score (nSPS) is 13.7. The zero-order valence-corrected chi connectivity index (χ0v) is 9.24. The Hall–Kier alpha value is -1.91. The third kappa shape index (κ3) is 4.75. The molecule has 0 amide bonds. The van der Waals surface area contributed by atoms with Crippen LogP contribution < -0.4 is 5.73 Å². The predicted molar refractivity (Wildman–Crippen MR) is 63.2 cm³/mol. The average Bonchev–Trinajstić information content (AvgIpc) is 2.23. The summed E-state index contributed by atoms with van der Waals surface area (Å²) in [6.45, 7) is 8.41. The Bertz CT molecular complexity index is 339. The van der Waals surface area contributed by atoms with Crippen molar-refractivity contribution in [2.75, 3.05) is 0 Å². The molecule has 0 aliphatic rings. The van der Waals surface area contributed by atoms with Crippen LogP contribution in [0.5, 0.6) is 0 Å². The zero-order valence-electron chi connectivity index (χ0n) is 9.24. The fourth-order valence-electron chi connectivity index (χ4n) is 0.745. The molecule has 0 aromatic rings.